The number of aromatic nitrogens is 4. The second-order valence-electron chi connectivity index (χ2n) is 9.34. The normalized spacial score (nSPS) is 19.2. The Balaban J connectivity index is 1.55. The first-order valence-electron chi connectivity index (χ1n) is 12.5. The highest BCUT2D eigenvalue weighted by Crippen LogP contribution is 2.48. The molecule has 0 spiro atoms. The minimum atomic E-state index is -1.08. The van der Waals surface area contributed by atoms with Gasteiger partial charge in [-0.05, 0) is 58.6 Å². The molecule has 4 aromatic rings. The molecule has 0 aliphatic carbocycles. The Labute approximate surface area is 232 Å². The van der Waals surface area contributed by atoms with Gasteiger partial charge in [0.1, 0.15) is 18.0 Å². The lowest BCUT2D eigenvalue weighted by Crippen LogP contribution is -2.49. The van der Waals surface area contributed by atoms with E-state index >= 15 is 0 Å². The summed E-state index contributed by atoms with van der Waals surface area (Å²) < 4.78 is 43.0. The first-order chi connectivity index (χ1) is 18.9. The van der Waals surface area contributed by atoms with Crippen LogP contribution in [0.15, 0.2) is 63.9 Å². The van der Waals surface area contributed by atoms with Crippen LogP contribution in [0.4, 0.5) is 8.78 Å². The molecule has 3 heterocycles. The maximum Gasteiger partial charge on any atom is 0.216 e. The number of hydrogen-bond donors (Lipinski definition) is 2. The topological polar surface area (TPSA) is 107 Å². The molecule has 0 saturated carbocycles. The number of carbonyl (C=O) groups is 1. The number of nitrogens with one attached hydrogen (secondary N) is 2. The number of halogens is 3. The number of ether oxygens (including phenoxy) is 1. The Morgan fingerprint density at radius 2 is 2.13 bits per heavy atom. The lowest BCUT2D eigenvalue weighted by Gasteiger charge is -2.44. The fourth-order valence-electron chi connectivity index (χ4n) is 5.03. The molecule has 12 heteroatoms. The molecule has 2 aromatic carbocycles. The van der Waals surface area contributed by atoms with Crippen LogP contribution in [0.25, 0.3) is 11.3 Å². The van der Waals surface area contributed by atoms with Crippen molar-refractivity contribution in [2.24, 2.45) is 0 Å². The minimum absolute atomic E-state index is 0.0454. The molecule has 39 heavy (non-hydrogen) atoms. The summed E-state index contributed by atoms with van der Waals surface area (Å²) in [5, 5.41) is 18.5. The van der Waals surface area contributed by atoms with Gasteiger partial charge in [-0.2, -0.15) is 0 Å². The predicted octanol–water partition coefficient (Wildman–Crippen LogP) is 4.30. The minimum Gasteiger partial charge on any atom is -0.356 e. The zero-order valence-corrected chi connectivity index (χ0v) is 22.7. The molecule has 2 aromatic heterocycles. The van der Waals surface area contributed by atoms with Gasteiger partial charge in [0, 0.05) is 31.8 Å². The van der Waals surface area contributed by atoms with E-state index < -0.39 is 23.2 Å². The van der Waals surface area contributed by atoms with E-state index in [9.17, 15) is 13.6 Å². The molecule has 204 valence electrons. The number of carbonyl (C=O) groups excluding carboxylic acids is 1. The van der Waals surface area contributed by atoms with Crippen molar-refractivity contribution in [2.75, 3.05) is 19.6 Å². The SMILES string of the molecule is CC(=O)NCCc1ccccc1-c1onc([C@H]2CNCCC2(OCn2ccnn2)c2ccc(F)c(F)c2)c1Br. The largest absolute Gasteiger partial charge is 0.356 e. The second-order valence-corrected chi connectivity index (χ2v) is 10.1. The summed E-state index contributed by atoms with van der Waals surface area (Å²) in [5.41, 5.74) is 1.80. The molecule has 0 radical (unpaired) electrons. The van der Waals surface area contributed by atoms with Crippen molar-refractivity contribution in [2.45, 2.75) is 38.0 Å². The number of hydrogen-bond acceptors (Lipinski definition) is 7. The maximum absolute atomic E-state index is 14.5. The Morgan fingerprint density at radius 1 is 1.28 bits per heavy atom. The zero-order valence-electron chi connectivity index (χ0n) is 21.2. The summed E-state index contributed by atoms with van der Waals surface area (Å²) in [5.74, 6) is -1.89. The molecular weight excluding hydrogens is 574 g/mol. The molecule has 1 aliphatic rings. The Bertz CT molecular complexity index is 1450. The fraction of sp³-hybridized carbons (Fsp3) is 0.333. The highest BCUT2D eigenvalue weighted by molar-refractivity contribution is 9.10. The zero-order chi connectivity index (χ0) is 27.4. The van der Waals surface area contributed by atoms with Crippen LogP contribution in [0.2, 0.25) is 0 Å². The van der Waals surface area contributed by atoms with Crippen LogP contribution >= 0.6 is 15.9 Å². The number of nitrogens with zero attached hydrogens (tertiary/aromatic N) is 4. The van der Waals surface area contributed by atoms with Crippen molar-refractivity contribution in [3.05, 3.63) is 87.8 Å². The molecular formula is C27H27BrF2N6O3. The number of rotatable bonds is 9. The van der Waals surface area contributed by atoms with E-state index in [4.69, 9.17) is 9.26 Å². The van der Waals surface area contributed by atoms with Crippen molar-refractivity contribution < 1.29 is 22.8 Å². The molecule has 1 saturated heterocycles. The summed E-state index contributed by atoms with van der Waals surface area (Å²) in [7, 11) is 0. The molecule has 2 atom stereocenters. The Morgan fingerprint density at radius 3 is 2.90 bits per heavy atom. The fourth-order valence-corrected chi connectivity index (χ4v) is 5.66. The standard InChI is InChI=1S/C27H27BrF2N6O3/c1-17(37)32-10-8-18-4-2-3-5-20(18)26-24(28)25(34-39-26)21-15-31-11-9-27(21,38-16-36-13-12-33-35-36)19-6-7-22(29)23(30)14-19/h2-7,12-14,21,31H,8-11,15-16H2,1H3,(H,32,37)/t21-,27?/m1/s1. The lowest BCUT2D eigenvalue weighted by molar-refractivity contribution is -0.122. The third kappa shape index (κ3) is 5.63. The van der Waals surface area contributed by atoms with E-state index in [1.54, 1.807) is 12.3 Å². The smallest absolute Gasteiger partial charge is 0.216 e. The molecule has 1 aliphatic heterocycles. The highest BCUT2D eigenvalue weighted by Gasteiger charge is 2.47. The molecule has 1 amide bonds. The Kier molecular flexibility index (Phi) is 8.15. The Hall–Kier alpha value is -3.48. The highest BCUT2D eigenvalue weighted by atomic mass is 79.9. The van der Waals surface area contributed by atoms with E-state index in [1.807, 2.05) is 24.3 Å². The summed E-state index contributed by atoms with van der Waals surface area (Å²) in [4.78, 5) is 11.3. The summed E-state index contributed by atoms with van der Waals surface area (Å²) >= 11 is 3.72. The second kappa shape index (κ2) is 11.7. The van der Waals surface area contributed by atoms with Crippen molar-refractivity contribution in [1.29, 1.82) is 0 Å². The van der Waals surface area contributed by atoms with Crippen LogP contribution in [0.5, 0.6) is 0 Å². The maximum atomic E-state index is 14.5. The van der Waals surface area contributed by atoms with Gasteiger partial charge < -0.3 is 19.9 Å². The van der Waals surface area contributed by atoms with Gasteiger partial charge in [-0.1, -0.05) is 40.7 Å². The van der Waals surface area contributed by atoms with Crippen LogP contribution in [-0.2, 0) is 28.3 Å². The molecule has 1 unspecified atom stereocenters. The number of piperidine rings is 1. The van der Waals surface area contributed by atoms with Crippen LogP contribution in [0, 0.1) is 11.6 Å². The van der Waals surface area contributed by atoms with Crippen molar-refractivity contribution in [1.82, 2.24) is 30.8 Å². The predicted molar refractivity (Wildman–Crippen MR) is 141 cm³/mol. The van der Waals surface area contributed by atoms with E-state index in [-0.39, 0.29) is 12.6 Å². The van der Waals surface area contributed by atoms with Gasteiger partial charge >= 0.3 is 0 Å². The average Bonchev–Trinajstić information content (AvgIpc) is 3.59. The summed E-state index contributed by atoms with van der Waals surface area (Å²) in [6.45, 7) is 3.04. The average molecular weight is 601 g/mol. The van der Waals surface area contributed by atoms with Gasteiger partial charge in [-0.3, -0.25) is 4.79 Å². The molecule has 5 rings (SSSR count). The number of amides is 1. The van der Waals surface area contributed by atoms with E-state index in [0.717, 1.165) is 17.2 Å². The van der Waals surface area contributed by atoms with E-state index in [0.29, 0.717) is 54.0 Å². The van der Waals surface area contributed by atoms with Gasteiger partial charge in [0.25, 0.3) is 0 Å². The van der Waals surface area contributed by atoms with Gasteiger partial charge in [-0.15, -0.1) is 5.10 Å². The molecule has 2 N–H and O–H groups in total. The van der Waals surface area contributed by atoms with E-state index in [2.05, 4.69) is 42.0 Å². The van der Waals surface area contributed by atoms with Crippen molar-refractivity contribution in [3.8, 4) is 11.3 Å². The monoisotopic (exact) mass is 600 g/mol. The van der Waals surface area contributed by atoms with E-state index in [1.165, 1.54) is 23.9 Å². The number of benzene rings is 2. The summed E-state index contributed by atoms with van der Waals surface area (Å²) in [6.07, 6.45) is 4.26. The van der Waals surface area contributed by atoms with Gasteiger partial charge in [0.2, 0.25) is 5.91 Å². The first kappa shape index (κ1) is 27.1. The van der Waals surface area contributed by atoms with Gasteiger partial charge in [0.05, 0.1) is 16.6 Å². The van der Waals surface area contributed by atoms with Crippen LogP contribution in [0.3, 0.4) is 0 Å². The summed E-state index contributed by atoms with van der Waals surface area (Å²) in [6, 6.07) is 11.6. The third-order valence-electron chi connectivity index (χ3n) is 6.94. The van der Waals surface area contributed by atoms with Crippen molar-refractivity contribution in [3.63, 3.8) is 0 Å². The van der Waals surface area contributed by atoms with Gasteiger partial charge in [-0.25, -0.2) is 13.5 Å². The molecule has 0 bridgehead atoms. The third-order valence-corrected chi connectivity index (χ3v) is 7.71. The first-order valence-corrected chi connectivity index (χ1v) is 13.3. The molecule has 9 nitrogen and oxygen atoms in total. The van der Waals surface area contributed by atoms with Crippen molar-refractivity contribution >= 4 is 21.8 Å². The quantitative estimate of drug-likeness (QED) is 0.295. The van der Waals surface area contributed by atoms with Gasteiger partial charge in [0.15, 0.2) is 17.4 Å². The van der Waals surface area contributed by atoms with Crippen LogP contribution < -0.4 is 10.6 Å². The molecule has 1 fully saturated rings. The van der Waals surface area contributed by atoms with Crippen LogP contribution in [-0.4, -0.2) is 45.7 Å². The van der Waals surface area contributed by atoms with Crippen LogP contribution in [0.1, 0.15) is 36.1 Å². The lowest BCUT2D eigenvalue weighted by atomic mass is 9.74.